The Bertz CT molecular complexity index is 1140. The van der Waals surface area contributed by atoms with Crippen molar-refractivity contribution in [3.8, 4) is 0 Å². The van der Waals surface area contributed by atoms with Gasteiger partial charge in [0.2, 0.25) is 11.8 Å². The quantitative estimate of drug-likeness (QED) is 0.405. The predicted octanol–water partition coefficient (Wildman–Crippen LogP) is 4.41. The van der Waals surface area contributed by atoms with Gasteiger partial charge in [-0.2, -0.15) is 13.2 Å². The lowest BCUT2D eigenvalue weighted by Crippen LogP contribution is -2.54. The predicted molar refractivity (Wildman–Crippen MR) is 134 cm³/mol. The maximum absolute atomic E-state index is 12.7. The number of nitrogens with zero attached hydrogens (tertiary/aromatic N) is 1. The zero-order valence-corrected chi connectivity index (χ0v) is 20.3. The number of alkyl halides is 3. The van der Waals surface area contributed by atoms with E-state index >= 15 is 0 Å². The molecular weight excluding hydrogens is 471 g/mol. The van der Waals surface area contributed by atoms with Crippen LogP contribution in [0.5, 0.6) is 0 Å². The van der Waals surface area contributed by atoms with E-state index in [0.29, 0.717) is 17.7 Å². The van der Waals surface area contributed by atoms with Crippen molar-refractivity contribution in [1.29, 1.82) is 0 Å². The van der Waals surface area contributed by atoms with Gasteiger partial charge in [-0.25, -0.2) is 0 Å². The highest BCUT2D eigenvalue weighted by atomic mass is 19.4. The fraction of sp³-hybridized carbons (Fsp3) is 0.333. The van der Waals surface area contributed by atoms with Gasteiger partial charge in [0.25, 0.3) is 0 Å². The number of benzene rings is 2. The molecule has 0 spiro atoms. The van der Waals surface area contributed by atoms with Gasteiger partial charge in [0.1, 0.15) is 6.04 Å². The first-order chi connectivity index (χ1) is 17.0. The van der Waals surface area contributed by atoms with Gasteiger partial charge in [-0.15, -0.1) is 0 Å². The molecule has 1 heterocycles. The molecule has 0 bridgehead atoms. The molecule has 1 aliphatic heterocycles. The van der Waals surface area contributed by atoms with E-state index in [4.69, 9.17) is 0 Å². The average molecular weight is 502 g/mol. The molecule has 2 aromatic rings. The van der Waals surface area contributed by atoms with Crippen molar-refractivity contribution >= 4 is 29.3 Å². The number of nitrogens with one attached hydrogen (secondary N) is 2. The van der Waals surface area contributed by atoms with E-state index in [1.807, 2.05) is 37.9 Å². The molecule has 2 unspecified atom stereocenters. The molecule has 2 amide bonds. The number of amides is 2. The summed E-state index contributed by atoms with van der Waals surface area (Å²) in [6.07, 6.45) is 2.00. The van der Waals surface area contributed by atoms with Crippen LogP contribution >= 0.6 is 0 Å². The molecule has 3 N–H and O–H groups in total. The van der Waals surface area contributed by atoms with Gasteiger partial charge < -0.3 is 20.6 Å². The lowest BCUT2D eigenvalue weighted by Gasteiger charge is -2.37. The molecular formula is C27H30F3N3O3. The SMILES string of the molecule is CC(C)C1C(=O)NC(CO)Cc2cc(NC(=O)/C=C/C=C/c3ccc(C(F)(F)F)cc3)ccc2N1C. The van der Waals surface area contributed by atoms with Crippen molar-refractivity contribution in [2.75, 3.05) is 23.9 Å². The van der Waals surface area contributed by atoms with E-state index in [2.05, 4.69) is 10.6 Å². The van der Waals surface area contributed by atoms with Gasteiger partial charge in [0.15, 0.2) is 0 Å². The summed E-state index contributed by atoms with van der Waals surface area (Å²) in [6, 6.07) is 9.31. The van der Waals surface area contributed by atoms with Crippen LogP contribution in [0.4, 0.5) is 24.5 Å². The minimum absolute atomic E-state index is 0.0421. The van der Waals surface area contributed by atoms with E-state index in [-0.39, 0.29) is 24.3 Å². The fourth-order valence-corrected chi connectivity index (χ4v) is 4.24. The number of rotatable bonds is 6. The topological polar surface area (TPSA) is 81.7 Å². The zero-order chi connectivity index (χ0) is 26.5. The first-order valence-corrected chi connectivity index (χ1v) is 11.6. The molecule has 6 nitrogen and oxygen atoms in total. The molecule has 2 atom stereocenters. The van der Waals surface area contributed by atoms with Crippen LogP contribution in [0, 0.1) is 5.92 Å². The molecule has 2 aromatic carbocycles. The van der Waals surface area contributed by atoms with Crippen molar-refractivity contribution in [2.45, 2.75) is 38.5 Å². The summed E-state index contributed by atoms with van der Waals surface area (Å²) in [7, 11) is 1.85. The van der Waals surface area contributed by atoms with Gasteiger partial charge in [-0.05, 0) is 53.8 Å². The molecule has 192 valence electrons. The summed E-state index contributed by atoms with van der Waals surface area (Å²) < 4.78 is 37.9. The number of fused-ring (bicyclic) bond motifs is 1. The van der Waals surface area contributed by atoms with Gasteiger partial charge in [0, 0.05) is 24.5 Å². The summed E-state index contributed by atoms with van der Waals surface area (Å²) in [5, 5.41) is 15.4. The highest BCUT2D eigenvalue weighted by molar-refractivity contribution is 5.99. The van der Waals surface area contributed by atoms with Gasteiger partial charge >= 0.3 is 6.18 Å². The normalized spacial score (nSPS) is 18.8. The van der Waals surface area contributed by atoms with Crippen molar-refractivity contribution in [3.63, 3.8) is 0 Å². The van der Waals surface area contributed by atoms with E-state index in [1.165, 1.54) is 24.3 Å². The second kappa shape index (κ2) is 11.4. The van der Waals surface area contributed by atoms with Crippen molar-refractivity contribution in [2.24, 2.45) is 5.92 Å². The highest BCUT2D eigenvalue weighted by Gasteiger charge is 2.32. The number of allylic oxidation sites excluding steroid dienone is 2. The number of hydrogen-bond donors (Lipinski definition) is 3. The molecule has 36 heavy (non-hydrogen) atoms. The fourth-order valence-electron chi connectivity index (χ4n) is 4.24. The molecule has 9 heteroatoms. The number of carbonyl (C=O) groups excluding carboxylic acids is 2. The summed E-state index contributed by atoms with van der Waals surface area (Å²) in [6.45, 7) is 3.72. The van der Waals surface area contributed by atoms with Crippen molar-refractivity contribution < 1.29 is 27.9 Å². The number of carbonyl (C=O) groups is 2. The molecule has 3 rings (SSSR count). The van der Waals surface area contributed by atoms with Crippen LogP contribution in [0.2, 0.25) is 0 Å². The third-order valence-electron chi connectivity index (χ3n) is 5.96. The summed E-state index contributed by atoms with van der Waals surface area (Å²) in [4.78, 5) is 27.0. The van der Waals surface area contributed by atoms with Gasteiger partial charge in [-0.3, -0.25) is 9.59 Å². The van der Waals surface area contributed by atoms with Crippen LogP contribution in [0.15, 0.2) is 60.7 Å². The third-order valence-corrected chi connectivity index (χ3v) is 5.96. The number of aliphatic hydroxyl groups is 1. The molecule has 0 aliphatic carbocycles. The zero-order valence-electron chi connectivity index (χ0n) is 20.3. The lowest BCUT2D eigenvalue weighted by atomic mass is 9.95. The molecule has 0 fully saturated rings. The van der Waals surface area contributed by atoms with Crippen LogP contribution in [0.25, 0.3) is 6.08 Å². The maximum Gasteiger partial charge on any atom is 0.416 e. The number of halogens is 3. The van der Waals surface area contributed by atoms with Crippen LogP contribution in [-0.4, -0.2) is 42.7 Å². The van der Waals surface area contributed by atoms with Crippen LogP contribution in [0.3, 0.4) is 0 Å². The first-order valence-electron chi connectivity index (χ1n) is 11.6. The average Bonchev–Trinajstić information content (AvgIpc) is 2.80. The number of aliphatic hydroxyl groups excluding tert-OH is 1. The summed E-state index contributed by atoms with van der Waals surface area (Å²) >= 11 is 0. The Balaban J connectivity index is 1.70. The Hall–Kier alpha value is -3.59. The Morgan fingerprint density at radius 2 is 1.89 bits per heavy atom. The summed E-state index contributed by atoms with van der Waals surface area (Å²) in [5.74, 6) is -0.470. The Labute approximate surface area is 208 Å². The minimum Gasteiger partial charge on any atom is -0.394 e. The monoisotopic (exact) mass is 501 g/mol. The van der Waals surface area contributed by atoms with E-state index in [1.54, 1.807) is 18.2 Å². The van der Waals surface area contributed by atoms with Gasteiger partial charge in [0.05, 0.1) is 18.2 Å². The maximum atomic E-state index is 12.7. The smallest absolute Gasteiger partial charge is 0.394 e. The highest BCUT2D eigenvalue weighted by Crippen LogP contribution is 2.30. The van der Waals surface area contributed by atoms with Crippen molar-refractivity contribution in [1.82, 2.24) is 5.32 Å². The summed E-state index contributed by atoms with van der Waals surface area (Å²) in [5.41, 5.74) is 2.16. The van der Waals surface area contributed by atoms with E-state index in [0.717, 1.165) is 23.4 Å². The number of hydrogen-bond acceptors (Lipinski definition) is 4. The van der Waals surface area contributed by atoms with Crippen molar-refractivity contribution in [3.05, 3.63) is 77.4 Å². The van der Waals surface area contributed by atoms with Crippen LogP contribution in [0.1, 0.15) is 30.5 Å². The van der Waals surface area contributed by atoms with Crippen LogP contribution < -0.4 is 15.5 Å². The Kier molecular flexibility index (Phi) is 8.57. The third kappa shape index (κ3) is 6.75. The standard InChI is InChI=1S/C27H30F3N3O3/c1-17(2)25-26(36)32-22(16-34)15-19-14-21(12-13-23(19)33(25)3)31-24(35)7-5-4-6-18-8-10-20(11-9-18)27(28,29)30/h4-14,17,22,25,34H,15-16H2,1-3H3,(H,31,35)(H,32,36)/b6-4+,7-5+. The second-order valence-corrected chi connectivity index (χ2v) is 9.06. The number of likely N-dealkylation sites (N-methyl/N-ethyl adjacent to an activating group) is 1. The first kappa shape index (κ1) is 27.0. The van der Waals surface area contributed by atoms with E-state index < -0.39 is 23.8 Å². The molecule has 0 saturated heterocycles. The van der Waals surface area contributed by atoms with Crippen LogP contribution in [-0.2, 0) is 22.2 Å². The second-order valence-electron chi connectivity index (χ2n) is 9.06. The largest absolute Gasteiger partial charge is 0.416 e. The lowest BCUT2D eigenvalue weighted by molar-refractivity contribution is -0.137. The molecule has 0 radical (unpaired) electrons. The minimum atomic E-state index is -4.38. The van der Waals surface area contributed by atoms with E-state index in [9.17, 15) is 27.9 Å². The Morgan fingerprint density at radius 1 is 1.19 bits per heavy atom. The molecule has 1 aliphatic rings. The molecule has 0 aromatic heterocycles. The molecule has 0 saturated carbocycles. The van der Waals surface area contributed by atoms with Gasteiger partial charge in [-0.1, -0.05) is 44.2 Å². The number of anilines is 2. The Morgan fingerprint density at radius 3 is 2.50 bits per heavy atom.